The maximum Gasteiger partial charge on any atom is 0.122 e. The fraction of sp³-hybridized carbons (Fsp3) is 0.294. The van der Waals surface area contributed by atoms with E-state index in [0.29, 0.717) is 0 Å². The Hall–Kier alpha value is -1.68. The van der Waals surface area contributed by atoms with E-state index in [1.165, 1.54) is 5.56 Å². The van der Waals surface area contributed by atoms with Crippen molar-refractivity contribution in [1.29, 1.82) is 0 Å². The lowest BCUT2D eigenvalue weighted by Crippen LogP contribution is -2.01. The second-order valence-electron chi connectivity index (χ2n) is 4.73. The van der Waals surface area contributed by atoms with Crippen molar-refractivity contribution in [2.45, 2.75) is 19.9 Å². The van der Waals surface area contributed by atoms with E-state index in [1.807, 2.05) is 30.3 Å². The number of nitrogens with one attached hydrogen (secondary N) is 1. The molecule has 0 amide bonds. The second kappa shape index (κ2) is 7.93. The van der Waals surface area contributed by atoms with Gasteiger partial charge >= 0.3 is 0 Å². The summed E-state index contributed by atoms with van der Waals surface area (Å²) in [5.74, 6) is 1.75. The normalized spacial score (nSPS) is 10.2. The van der Waals surface area contributed by atoms with Crippen LogP contribution < -0.4 is 14.8 Å². The summed E-state index contributed by atoms with van der Waals surface area (Å²) in [7, 11) is 1.67. The van der Waals surface area contributed by atoms with E-state index in [9.17, 15) is 0 Å². The lowest BCUT2D eigenvalue weighted by molar-refractivity contribution is 0.317. The molecule has 4 heteroatoms. The zero-order valence-electron chi connectivity index (χ0n) is 12.4. The van der Waals surface area contributed by atoms with E-state index in [0.717, 1.165) is 41.2 Å². The Morgan fingerprint density at radius 3 is 2.71 bits per heavy atom. The lowest BCUT2D eigenvalue weighted by Gasteiger charge is -2.11. The smallest absolute Gasteiger partial charge is 0.122 e. The first-order valence-electron chi connectivity index (χ1n) is 7.01. The van der Waals surface area contributed by atoms with Crippen LogP contribution in [0.25, 0.3) is 0 Å². The highest BCUT2D eigenvalue weighted by atomic mass is 79.9. The van der Waals surface area contributed by atoms with E-state index in [4.69, 9.17) is 9.47 Å². The van der Waals surface area contributed by atoms with Crippen molar-refractivity contribution in [2.24, 2.45) is 0 Å². The maximum absolute atomic E-state index is 5.65. The highest BCUT2D eigenvalue weighted by molar-refractivity contribution is 9.10. The largest absolute Gasteiger partial charge is 0.497 e. The van der Waals surface area contributed by atoms with E-state index < -0.39 is 0 Å². The number of benzene rings is 2. The molecule has 0 fully saturated rings. The first-order chi connectivity index (χ1) is 10.2. The van der Waals surface area contributed by atoms with E-state index in [-0.39, 0.29) is 0 Å². The highest BCUT2D eigenvalue weighted by Crippen LogP contribution is 2.25. The van der Waals surface area contributed by atoms with Gasteiger partial charge in [-0.2, -0.15) is 0 Å². The topological polar surface area (TPSA) is 30.5 Å². The number of halogens is 1. The molecule has 3 nitrogen and oxygen atoms in total. The summed E-state index contributed by atoms with van der Waals surface area (Å²) < 4.78 is 11.9. The summed E-state index contributed by atoms with van der Waals surface area (Å²) in [5.41, 5.74) is 2.20. The van der Waals surface area contributed by atoms with Crippen LogP contribution in [-0.2, 0) is 6.54 Å². The van der Waals surface area contributed by atoms with Crippen LogP contribution in [0.15, 0.2) is 46.9 Å². The molecule has 0 saturated carbocycles. The quantitative estimate of drug-likeness (QED) is 0.774. The number of hydrogen-bond donors (Lipinski definition) is 1. The molecule has 0 heterocycles. The third-order valence-corrected chi connectivity index (χ3v) is 3.43. The van der Waals surface area contributed by atoms with E-state index in [2.05, 4.69) is 40.3 Å². The predicted molar refractivity (Wildman–Crippen MR) is 90.2 cm³/mol. The Kier molecular flexibility index (Phi) is 5.93. The molecule has 1 N–H and O–H groups in total. The maximum atomic E-state index is 5.65. The average Bonchev–Trinajstić information content (AvgIpc) is 2.51. The molecule has 0 aliphatic rings. The summed E-state index contributed by atoms with van der Waals surface area (Å²) >= 11 is 3.48. The average molecular weight is 350 g/mol. The van der Waals surface area contributed by atoms with Gasteiger partial charge in [-0.05, 0) is 36.2 Å². The van der Waals surface area contributed by atoms with Crippen LogP contribution in [0.3, 0.4) is 0 Å². The summed E-state index contributed by atoms with van der Waals surface area (Å²) in [4.78, 5) is 0. The van der Waals surface area contributed by atoms with Gasteiger partial charge in [0.25, 0.3) is 0 Å². The lowest BCUT2D eigenvalue weighted by atomic mass is 10.2. The van der Waals surface area contributed by atoms with Gasteiger partial charge < -0.3 is 14.8 Å². The van der Waals surface area contributed by atoms with Crippen LogP contribution in [0.2, 0.25) is 0 Å². The van der Waals surface area contributed by atoms with Crippen molar-refractivity contribution in [3.05, 3.63) is 52.5 Å². The SMILES string of the molecule is CCCOc1cccc(CNc2cc(Br)cc(OC)c2)c1. The molecule has 0 aliphatic heterocycles. The first-order valence-corrected chi connectivity index (χ1v) is 7.80. The molecule has 2 aromatic rings. The van der Waals surface area contributed by atoms with Crippen molar-refractivity contribution >= 4 is 21.6 Å². The molecule has 0 atom stereocenters. The van der Waals surface area contributed by atoms with Crippen LogP contribution in [0.5, 0.6) is 11.5 Å². The molecule has 0 bridgehead atoms. The van der Waals surface area contributed by atoms with Crippen LogP contribution in [0, 0.1) is 0 Å². The van der Waals surface area contributed by atoms with Crippen molar-refractivity contribution in [3.63, 3.8) is 0 Å². The Bertz CT molecular complexity index is 587. The zero-order chi connectivity index (χ0) is 15.1. The molecule has 0 spiro atoms. The van der Waals surface area contributed by atoms with Gasteiger partial charge in [0.2, 0.25) is 0 Å². The highest BCUT2D eigenvalue weighted by Gasteiger charge is 2.01. The predicted octanol–water partition coefficient (Wildman–Crippen LogP) is 4.86. The number of ether oxygens (including phenoxy) is 2. The van der Waals surface area contributed by atoms with E-state index >= 15 is 0 Å². The third kappa shape index (κ3) is 4.97. The molecular formula is C17H20BrNO2. The molecule has 0 saturated heterocycles. The van der Waals surface area contributed by atoms with Gasteiger partial charge in [-0.15, -0.1) is 0 Å². The van der Waals surface area contributed by atoms with Gasteiger partial charge in [-0.1, -0.05) is 35.0 Å². The van der Waals surface area contributed by atoms with Gasteiger partial charge in [0.15, 0.2) is 0 Å². The molecule has 112 valence electrons. The van der Waals surface area contributed by atoms with Gasteiger partial charge in [-0.25, -0.2) is 0 Å². The minimum Gasteiger partial charge on any atom is -0.497 e. The Balaban J connectivity index is 2.00. The summed E-state index contributed by atoms with van der Waals surface area (Å²) in [6, 6.07) is 14.1. The fourth-order valence-electron chi connectivity index (χ4n) is 1.95. The third-order valence-electron chi connectivity index (χ3n) is 2.97. The fourth-order valence-corrected chi connectivity index (χ4v) is 2.42. The minimum absolute atomic E-state index is 0.739. The second-order valence-corrected chi connectivity index (χ2v) is 5.64. The van der Waals surface area contributed by atoms with Crippen LogP contribution >= 0.6 is 15.9 Å². The molecule has 0 aromatic heterocycles. The van der Waals surface area contributed by atoms with Gasteiger partial charge in [0, 0.05) is 22.8 Å². The van der Waals surface area contributed by atoms with Crippen LogP contribution in [0.1, 0.15) is 18.9 Å². The molecule has 2 aromatic carbocycles. The standard InChI is InChI=1S/C17H20BrNO2/c1-3-7-21-16-6-4-5-13(8-16)12-19-15-9-14(18)10-17(11-15)20-2/h4-6,8-11,19H,3,7,12H2,1-2H3. The monoisotopic (exact) mass is 349 g/mol. The summed E-state index contributed by atoms with van der Waals surface area (Å²) in [6.07, 6.45) is 1.01. The number of hydrogen-bond acceptors (Lipinski definition) is 3. The number of rotatable bonds is 7. The van der Waals surface area contributed by atoms with Gasteiger partial charge in [0.05, 0.1) is 13.7 Å². The Morgan fingerprint density at radius 1 is 1.10 bits per heavy atom. The van der Waals surface area contributed by atoms with Gasteiger partial charge in [-0.3, -0.25) is 0 Å². The molecule has 21 heavy (non-hydrogen) atoms. The van der Waals surface area contributed by atoms with Crippen molar-refractivity contribution in [2.75, 3.05) is 19.0 Å². The Morgan fingerprint density at radius 2 is 1.95 bits per heavy atom. The summed E-state index contributed by atoms with van der Waals surface area (Å²) in [6.45, 7) is 3.59. The molecule has 0 unspecified atom stereocenters. The van der Waals surface area contributed by atoms with Gasteiger partial charge in [0.1, 0.15) is 11.5 Å². The molecule has 0 radical (unpaired) electrons. The molecule has 2 rings (SSSR count). The number of anilines is 1. The van der Waals surface area contributed by atoms with Crippen LogP contribution in [0.4, 0.5) is 5.69 Å². The number of methoxy groups -OCH3 is 1. The minimum atomic E-state index is 0.739. The Labute approximate surface area is 134 Å². The molecule has 0 aliphatic carbocycles. The first kappa shape index (κ1) is 15.7. The van der Waals surface area contributed by atoms with Crippen molar-refractivity contribution < 1.29 is 9.47 Å². The zero-order valence-corrected chi connectivity index (χ0v) is 13.9. The van der Waals surface area contributed by atoms with Crippen molar-refractivity contribution in [1.82, 2.24) is 0 Å². The van der Waals surface area contributed by atoms with Crippen molar-refractivity contribution in [3.8, 4) is 11.5 Å². The van der Waals surface area contributed by atoms with E-state index in [1.54, 1.807) is 7.11 Å². The summed E-state index contributed by atoms with van der Waals surface area (Å²) in [5, 5.41) is 3.39. The van der Waals surface area contributed by atoms with Crippen LogP contribution in [-0.4, -0.2) is 13.7 Å². The molecular weight excluding hydrogens is 330 g/mol.